The summed E-state index contributed by atoms with van der Waals surface area (Å²) >= 11 is 0. The van der Waals surface area contributed by atoms with E-state index in [0.717, 1.165) is 0 Å². The zero-order valence-electron chi connectivity index (χ0n) is 8.44. The predicted molar refractivity (Wildman–Crippen MR) is 51.6 cm³/mol. The standard InChI is InChI=1S/C9H13N3O2/c1-9(2,3)14-7(13)6-4-5-11-8(10)12-6/h4-5H,1-3H3,(H2,10,11,12). The highest BCUT2D eigenvalue weighted by Crippen LogP contribution is 2.10. The topological polar surface area (TPSA) is 78.1 Å². The molecule has 0 radical (unpaired) electrons. The maximum absolute atomic E-state index is 11.4. The molecule has 0 saturated carbocycles. The first-order valence-electron chi connectivity index (χ1n) is 4.20. The number of rotatable bonds is 1. The molecule has 2 N–H and O–H groups in total. The quantitative estimate of drug-likeness (QED) is 0.677. The molecule has 1 aromatic rings. The van der Waals surface area contributed by atoms with E-state index in [0.29, 0.717) is 0 Å². The Balaban J connectivity index is 2.80. The fourth-order valence-corrected chi connectivity index (χ4v) is 0.818. The molecule has 0 aliphatic carbocycles. The fraction of sp³-hybridized carbons (Fsp3) is 0.444. The molecule has 1 aromatic heterocycles. The van der Waals surface area contributed by atoms with Gasteiger partial charge in [-0.3, -0.25) is 0 Å². The van der Waals surface area contributed by atoms with Crippen molar-refractivity contribution in [3.8, 4) is 0 Å². The lowest BCUT2D eigenvalue weighted by Gasteiger charge is -2.18. The zero-order valence-corrected chi connectivity index (χ0v) is 8.44. The molecule has 0 amide bonds. The first-order chi connectivity index (χ1) is 6.38. The van der Waals surface area contributed by atoms with Gasteiger partial charge in [-0.25, -0.2) is 14.8 Å². The van der Waals surface area contributed by atoms with Gasteiger partial charge in [0.25, 0.3) is 0 Å². The van der Waals surface area contributed by atoms with Crippen molar-refractivity contribution >= 4 is 11.9 Å². The number of aromatic nitrogens is 2. The minimum atomic E-state index is -0.531. The van der Waals surface area contributed by atoms with Crippen LogP contribution in [-0.2, 0) is 4.74 Å². The minimum absolute atomic E-state index is 0.0633. The zero-order chi connectivity index (χ0) is 10.8. The molecule has 0 fully saturated rings. The number of nitrogens with zero attached hydrogens (tertiary/aromatic N) is 2. The lowest BCUT2D eigenvalue weighted by atomic mass is 10.2. The summed E-state index contributed by atoms with van der Waals surface area (Å²) in [6.07, 6.45) is 1.42. The van der Waals surface area contributed by atoms with Crippen LogP contribution in [0.15, 0.2) is 12.3 Å². The van der Waals surface area contributed by atoms with Crippen LogP contribution in [0, 0.1) is 0 Å². The van der Waals surface area contributed by atoms with E-state index in [1.54, 1.807) is 20.8 Å². The number of anilines is 1. The third kappa shape index (κ3) is 3.01. The Kier molecular flexibility index (Phi) is 2.69. The lowest BCUT2D eigenvalue weighted by molar-refractivity contribution is 0.00628. The third-order valence-corrected chi connectivity index (χ3v) is 1.28. The van der Waals surface area contributed by atoms with Crippen molar-refractivity contribution in [1.29, 1.82) is 0 Å². The average Bonchev–Trinajstić information content (AvgIpc) is 2.01. The van der Waals surface area contributed by atoms with E-state index >= 15 is 0 Å². The van der Waals surface area contributed by atoms with E-state index in [1.807, 2.05) is 0 Å². The highest BCUT2D eigenvalue weighted by atomic mass is 16.6. The number of esters is 1. The first-order valence-corrected chi connectivity index (χ1v) is 4.20. The Bertz CT molecular complexity index is 344. The average molecular weight is 195 g/mol. The molecule has 5 heteroatoms. The normalized spacial score (nSPS) is 11.1. The molecule has 0 saturated heterocycles. The highest BCUT2D eigenvalue weighted by molar-refractivity contribution is 5.87. The monoisotopic (exact) mass is 195 g/mol. The second-order valence-electron chi connectivity index (χ2n) is 3.80. The largest absolute Gasteiger partial charge is 0.455 e. The van der Waals surface area contributed by atoms with Crippen LogP contribution in [0.25, 0.3) is 0 Å². The molecule has 0 aliphatic rings. The van der Waals surface area contributed by atoms with Gasteiger partial charge in [-0.1, -0.05) is 0 Å². The van der Waals surface area contributed by atoms with Crippen LogP contribution in [-0.4, -0.2) is 21.5 Å². The van der Waals surface area contributed by atoms with Crippen molar-refractivity contribution in [2.75, 3.05) is 5.73 Å². The van der Waals surface area contributed by atoms with Crippen molar-refractivity contribution in [2.24, 2.45) is 0 Å². The maximum atomic E-state index is 11.4. The van der Waals surface area contributed by atoms with E-state index in [-0.39, 0.29) is 11.6 Å². The van der Waals surface area contributed by atoms with Crippen LogP contribution in [0.1, 0.15) is 31.3 Å². The molecule has 0 bridgehead atoms. The number of nitrogen functional groups attached to an aromatic ring is 1. The van der Waals surface area contributed by atoms with Gasteiger partial charge in [-0.15, -0.1) is 0 Å². The first kappa shape index (κ1) is 10.4. The second kappa shape index (κ2) is 3.61. The molecule has 0 aliphatic heterocycles. The molecular formula is C9H13N3O2. The van der Waals surface area contributed by atoms with Crippen molar-refractivity contribution in [3.05, 3.63) is 18.0 Å². The summed E-state index contributed by atoms with van der Waals surface area (Å²) in [7, 11) is 0. The molecular weight excluding hydrogens is 182 g/mol. The fourth-order valence-electron chi connectivity index (χ4n) is 0.818. The van der Waals surface area contributed by atoms with E-state index in [9.17, 15) is 4.79 Å². The molecule has 1 heterocycles. The Morgan fingerprint density at radius 2 is 2.14 bits per heavy atom. The number of hydrogen-bond acceptors (Lipinski definition) is 5. The summed E-state index contributed by atoms with van der Waals surface area (Å²) in [5.74, 6) is -0.431. The summed E-state index contributed by atoms with van der Waals surface area (Å²) in [6.45, 7) is 5.36. The second-order valence-corrected chi connectivity index (χ2v) is 3.80. The van der Waals surface area contributed by atoms with Crippen molar-refractivity contribution in [1.82, 2.24) is 9.97 Å². The third-order valence-electron chi connectivity index (χ3n) is 1.28. The molecule has 5 nitrogen and oxygen atoms in total. The van der Waals surface area contributed by atoms with Crippen molar-refractivity contribution in [3.63, 3.8) is 0 Å². The van der Waals surface area contributed by atoms with Gasteiger partial charge in [0.2, 0.25) is 5.95 Å². The van der Waals surface area contributed by atoms with Crippen molar-refractivity contribution < 1.29 is 9.53 Å². The number of hydrogen-bond donors (Lipinski definition) is 1. The summed E-state index contributed by atoms with van der Waals surface area (Å²) < 4.78 is 5.09. The SMILES string of the molecule is CC(C)(C)OC(=O)c1ccnc(N)n1. The lowest BCUT2D eigenvalue weighted by Crippen LogP contribution is -2.24. The van der Waals surface area contributed by atoms with Gasteiger partial charge in [-0.05, 0) is 26.8 Å². The van der Waals surface area contributed by atoms with E-state index in [2.05, 4.69) is 9.97 Å². The van der Waals surface area contributed by atoms with Gasteiger partial charge in [0.15, 0.2) is 5.69 Å². The van der Waals surface area contributed by atoms with Crippen LogP contribution >= 0.6 is 0 Å². The van der Waals surface area contributed by atoms with Gasteiger partial charge >= 0.3 is 5.97 Å². The predicted octanol–water partition coefficient (Wildman–Crippen LogP) is 1.01. The highest BCUT2D eigenvalue weighted by Gasteiger charge is 2.18. The van der Waals surface area contributed by atoms with Crippen LogP contribution < -0.4 is 5.73 Å². The number of ether oxygens (including phenoxy) is 1. The van der Waals surface area contributed by atoms with Crippen LogP contribution in [0.2, 0.25) is 0 Å². The van der Waals surface area contributed by atoms with Gasteiger partial charge < -0.3 is 10.5 Å². The van der Waals surface area contributed by atoms with Gasteiger partial charge in [0, 0.05) is 6.20 Å². The van der Waals surface area contributed by atoms with Crippen LogP contribution in [0.4, 0.5) is 5.95 Å². The Labute approximate surface area is 82.3 Å². The summed E-state index contributed by atoms with van der Waals surface area (Å²) in [5.41, 5.74) is 4.97. The van der Waals surface area contributed by atoms with E-state index in [4.69, 9.17) is 10.5 Å². The molecule has 14 heavy (non-hydrogen) atoms. The van der Waals surface area contributed by atoms with E-state index < -0.39 is 11.6 Å². The Morgan fingerprint density at radius 3 is 2.64 bits per heavy atom. The summed E-state index contributed by atoms with van der Waals surface area (Å²) in [4.78, 5) is 18.9. The van der Waals surface area contributed by atoms with E-state index in [1.165, 1.54) is 12.3 Å². The summed E-state index contributed by atoms with van der Waals surface area (Å²) in [6, 6.07) is 1.46. The molecule has 0 atom stereocenters. The van der Waals surface area contributed by atoms with Gasteiger partial charge in [-0.2, -0.15) is 0 Å². The smallest absolute Gasteiger partial charge is 0.357 e. The van der Waals surface area contributed by atoms with Crippen molar-refractivity contribution in [2.45, 2.75) is 26.4 Å². The maximum Gasteiger partial charge on any atom is 0.357 e. The van der Waals surface area contributed by atoms with Gasteiger partial charge in [0.1, 0.15) is 5.60 Å². The molecule has 0 unspecified atom stereocenters. The number of carbonyl (C=O) groups excluding carboxylic acids is 1. The summed E-state index contributed by atoms with van der Waals surface area (Å²) in [5, 5.41) is 0. The van der Waals surface area contributed by atoms with Crippen LogP contribution in [0.5, 0.6) is 0 Å². The Hall–Kier alpha value is -1.65. The molecule has 0 spiro atoms. The Morgan fingerprint density at radius 1 is 1.50 bits per heavy atom. The molecule has 76 valence electrons. The number of nitrogens with two attached hydrogens (primary N) is 1. The molecule has 1 rings (SSSR count). The van der Waals surface area contributed by atoms with Crippen LogP contribution in [0.3, 0.4) is 0 Å². The number of carbonyl (C=O) groups is 1. The molecule has 0 aromatic carbocycles. The minimum Gasteiger partial charge on any atom is -0.455 e. The van der Waals surface area contributed by atoms with Gasteiger partial charge in [0.05, 0.1) is 0 Å².